The van der Waals surface area contributed by atoms with Crippen molar-refractivity contribution < 1.29 is 17.5 Å². The molecule has 144 valence electrons. The van der Waals surface area contributed by atoms with Gasteiger partial charge in [-0.25, -0.2) is 27.1 Å². The largest absolute Gasteiger partial charge is 0.472 e. The molecule has 7 nitrogen and oxygen atoms in total. The smallest absolute Gasteiger partial charge is 0.239 e. The molecule has 10 heteroatoms. The van der Waals surface area contributed by atoms with Crippen LogP contribution in [0.5, 0.6) is 5.88 Å². The number of ether oxygens (including phenoxy) is 1. The summed E-state index contributed by atoms with van der Waals surface area (Å²) in [5, 5.41) is 0.352. The van der Waals surface area contributed by atoms with Gasteiger partial charge < -0.3 is 10.5 Å². The van der Waals surface area contributed by atoms with E-state index in [1.54, 1.807) is 18.3 Å². The van der Waals surface area contributed by atoms with Crippen LogP contribution in [0, 0.1) is 5.82 Å². The van der Waals surface area contributed by atoms with Gasteiger partial charge in [-0.1, -0.05) is 17.7 Å². The monoisotopic (exact) mass is 412 g/mol. The van der Waals surface area contributed by atoms with Gasteiger partial charge in [-0.3, -0.25) is 0 Å². The van der Waals surface area contributed by atoms with Crippen LogP contribution in [-0.2, 0) is 22.2 Å². The van der Waals surface area contributed by atoms with E-state index in [9.17, 15) is 12.8 Å². The Labute approximate surface area is 161 Å². The van der Waals surface area contributed by atoms with Crippen molar-refractivity contribution in [3.8, 4) is 5.88 Å². The molecule has 0 spiro atoms. The number of nitrogens with two attached hydrogens (primary N) is 1. The average Bonchev–Trinajstić information content (AvgIpc) is 2.59. The lowest BCUT2D eigenvalue weighted by molar-refractivity contribution is 0.293. The number of hydrogen-bond donors (Lipinski definition) is 1. The molecule has 0 bridgehead atoms. The number of benzene rings is 1. The molecule has 2 N–H and O–H groups in total. The maximum Gasteiger partial charge on any atom is 0.239 e. The van der Waals surface area contributed by atoms with Crippen LogP contribution in [0.25, 0.3) is 0 Å². The number of aliphatic imine (C=N–C) groups is 1. The first-order valence-electron chi connectivity index (χ1n) is 7.96. The summed E-state index contributed by atoms with van der Waals surface area (Å²) >= 11 is 6.00. The van der Waals surface area contributed by atoms with Gasteiger partial charge in [0.05, 0.1) is 5.75 Å². The number of guanidine groups is 1. The van der Waals surface area contributed by atoms with E-state index in [1.165, 1.54) is 32.2 Å². The van der Waals surface area contributed by atoms with Crippen molar-refractivity contribution in [1.29, 1.82) is 0 Å². The molecule has 0 radical (unpaired) electrons. The van der Waals surface area contributed by atoms with E-state index < -0.39 is 27.1 Å². The second kappa shape index (κ2) is 6.97. The van der Waals surface area contributed by atoms with Gasteiger partial charge in [0.15, 0.2) is 0 Å². The van der Waals surface area contributed by atoms with Crippen molar-refractivity contribution in [3.05, 3.63) is 58.5 Å². The van der Waals surface area contributed by atoms with Crippen LogP contribution in [0.4, 0.5) is 4.39 Å². The van der Waals surface area contributed by atoms with E-state index in [-0.39, 0.29) is 24.0 Å². The summed E-state index contributed by atoms with van der Waals surface area (Å²) in [6.45, 7) is 1.61. The van der Waals surface area contributed by atoms with E-state index in [4.69, 9.17) is 22.1 Å². The molecule has 0 unspecified atom stereocenters. The molecule has 0 aliphatic carbocycles. The average molecular weight is 413 g/mol. The Kier molecular flexibility index (Phi) is 5.00. The fraction of sp³-hybridized carbons (Fsp3) is 0.294. The third-order valence-corrected chi connectivity index (χ3v) is 6.51. The van der Waals surface area contributed by atoms with Crippen LogP contribution in [0.1, 0.15) is 18.1 Å². The van der Waals surface area contributed by atoms with Gasteiger partial charge in [0.1, 0.15) is 23.0 Å². The lowest BCUT2D eigenvalue weighted by Crippen LogP contribution is -2.50. The fourth-order valence-corrected chi connectivity index (χ4v) is 4.42. The van der Waals surface area contributed by atoms with E-state index in [0.29, 0.717) is 10.6 Å². The minimum atomic E-state index is -3.70. The molecular formula is C17H18ClFN4O3S. The van der Waals surface area contributed by atoms with Gasteiger partial charge in [-0.15, -0.1) is 0 Å². The van der Waals surface area contributed by atoms with Crippen molar-refractivity contribution in [3.63, 3.8) is 0 Å². The summed E-state index contributed by atoms with van der Waals surface area (Å²) in [4.78, 5) is 8.24. The first-order valence-corrected chi connectivity index (χ1v) is 9.95. The Bertz CT molecular complexity index is 1010. The third-order valence-electron chi connectivity index (χ3n) is 4.28. The van der Waals surface area contributed by atoms with Gasteiger partial charge in [0.2, 0.25) is 21.9 Å². The van der Waals surface area contributed by atoms with Gasteiger partial charge in [-0.2, -0.15) is 0 Å². The predicted molar refractivity (Wildman–Crippen MR) is 101 cm³/mol. The lowest BCUT2D eigenvalue weighted by atomic mass is 9.92. The number of halogens is 2. The number of aromatic nitrogens is 1. The molecule has 1 atom stereocenters. The van der Waals surface area contributed by atoms with Gasteiger partial charge in [0, 0.05) is 18.8 Å². The van der Waals surface area contributed by atoms with Crippen molar-refractivity contribution in [1.82, 2.24) is 9.29 Å². The second-order valence-corrected chi connectivity index (χ2v) is 8.77. The minimum Gasteiger partial charge on any atom is -0.472 e. The van der Waals surface area contributed by atoms with Crippen LogP contribution in [-0.4, -0.2) is 36.5 Å². The summed E-state index contributed by atoms with van der Waals surface area (Å²) in [5.41, 5.74) is 5.12. The van der Waals surface area contributed by atoms with Gasteiger partial charge >= 0.3 is 0 Å². The predicted octanol–water partition coefficient (Wildman–Crippen LogP) is 2.26. The topological polar surface area (TPSA) is 97.9 Å². The van der Waals surface area contributed by atoms with Gasteiger partial charge in [-0.05, 0) is 36.8 Å². The Morgan fingerprint density at radius 3 is 2.81 bits per heavy atom. The zero-order valence-electron chi connectivity index (χ0n) is 14.7. The normalized spacial score (nSPS) is 21.6. The van der Waals surface area contributed by atoms with Crippen molar-refractivity contribution in [2.75, 3.05) is 12.8 Å². The molecule has 0 saturated carbocycles. The highest BCUT2D eigenvalue weighted by Gasteiger charge is 2.41. The molecule has 0 fully saturated rings. The minimum absolute atomic E-state index is 0.0753. The maximum absolute atomic E-state index is 14.5. The molecule has 1 aromatic carbocycles. The van der Waals surface area contributed by atoms with Crippen molar-refractivity contribution >= 4 is 27.6 Å². The highest BCUT2D eigenvalue weighted by Crippen LogP contribution is 2.34. The molecule has 1 aliphatic heterocycles. The quantitative estimate of drug-likeness (QED) is 0.830. The van der Waals surface area contributed by atoms with E-state index >= 15 is 0 Å². The van der Waals surface area contributed by atoms with Crippen molar-refractivity contribution in [2.45, 2.75) is 19.1 Å². The highest BCUT2D eigenvalue weighted by molar-refractivity contribution is 7.89. The molecule has 1 aromatic heterocycles. The summed E-state index contributed by atoms with van der Waals surface area (Å²) < 4.78 is 45.6. The van der Waals surface area contributed by atoms with Crippen LogP contribution in [0.3, 0.4) is 0 Å². The Morgan fingerprint density at radius 2 is 2.15 bits per heavy atom. The van der Waals surface area contributed by atoms with Crippen LogP contribution in [0.15, 0.2) is 41.5 Å². The molecule has 2 aromatic rings. The van der Waals surface area contributed by atoms with Crippen LogP contribution >= 0.6 is 11.6 Å². The summed E-state index contributed by atoms with van der Waals surface area (Å²) in [6, 6.07) is 7.62. The Balaban J connectivity index is 1.93. The zero-order chi connectivity index (χ0) is 19.8. The Morgan fingerprint density at radius 1 is 1.41 bits per heavy atom. The highest BCUT2D eigenvalue weighted by atomic mass is 35.5. The lowest BCUT2D eigenvalue weighted by Gasteiger charge is -2.34. The zero-order valence-corrected chi connectivity index (χ0v) is 16.3. The first-order chi connectivity index (χ1) is 12.6. The molecule has 0 amide bonds. The molecular weight excluding hydrogens is 395 g/mol. The molecule has 0 saturated heterocycles. The standard InChI is InChI=1S/C17H18ClFN4O3S/c1-17(10-27(24,25)23(2)16(20)22-17)12-8-11(5-6-14(12)19)9-26-15-13(18)4-3-7-21-15/h3-8H,9-10H2,1-2H3,(H2,20,22)/t17-/m0/s1. The van der Waals surface area contributed by atoms with E-state index in [2.05, 4.69) is 9.98 Å². The maximum atomic E-state index is 14.5. The fourth-order valence-electron chi connectivity index (χ4n) is 2.79. The van der Waals surface area contributed by atoms with E-state index in [1.807, 2.05) is 0 Å². The molecule has 1 aliphatic rings. The number of hydrogen-bond acceptors (Lipinski definition) is 6. The third kappa shape index (κ3) is 3.84. The summed E-state index contributed by atoms with van der Waals surface area (Å²) in [6.07, 6.45) is 1.54. The van der Waals surface area contributed by atoms with Gasteiger partial charge in [0.25, 0.3) is 0 Å². The van der Waals surface area contributed by atoms with Crippen LogP contribution in [0.2, 0.25) is 5.02 Å². The molecule has 2 heterocycles. The number of sulfonamides is 1. The summed E-state index contributed by atoms with van der Waals surface area (Å²) in [7, 11) is -2.39. The molecule has 3 rings (SSSR count). The van der Waals surface area contributed by atoms with E-state index in [0.717, 1.165) is 4.31 Å². The second-order valence-electron chi connectivity index (χ2n) is 6.36. The Hall–Kier alpha value is -2.39. The van der Waals surface area contributed by atoms with Crippen LogP contribution < -0.4 is 10.5 Å². The first kappa shape index (κ1) is 19.4. The number of pyridine rings is 1. The number of nitrogens with zero attached hydrogens (tertiary/aromatic N) is 3. The SMILES string of the molecule is CN1C(N)=N[C@](C)(c2cc(COc3ncccc3Cl)ccc2F)CS1(=O)=O. The van der Waals surface area contributed by atoms with Crippen molar-refractivity contribution in [2.24, 2.45) is 10.7 Å². The number of rotatable bonds is 4. The summed E-state index contributed by atoms with van der Waals surface area (Å²) in [5.74, 6) is -0.913. The molecule has 27 heavy (non-hydrogen) atoms.